The van der Waals surface area contributed by atoms with Crippen molar-refractivity contribution in [3.63, 3.8) is 0 Å². The van der Waals surface area contributed by atoms with Crippen LogP contribution in [0.3, 0.4) is 0 Å². The van der Waals surface area contributed by atoms with E-state index in [2.05, 4.69) is 50.2 Å². The molecule has 1 unspecified atom stereocenters. The van der Waals surface area contributed by atoms with Crippen LogP contribution in [-0.4, -0.2) is 0 Å². The third-order valence-electron chi connectivity index (χ3n) is 1.29. The van der Waals surface area contributed by atoms with Crippen LogP contribution < -0.4 is 0 Å². The van der Waals surface area contributed by atoms with Gasteiger partial charge in [-0.2, -0.15) is 0 Å². The summed E-state index contributed by atoms with van der Waals surface area (Å²) in [5.74, 6) is 0. The van der Waals surface area contributed by atoms with Gasteiger partial charge in [-0.05, 0) is 33.8 Å². The van der Waals surface area contributed by atoms with Gasteiger partial charge in [-0.3, -0.25) is 0 Å². The Kier molecular flexibility index (Phi) is 3.40. The molecule has 0 aliphatic rings. The predicted molar refractivity (Wildman–Crippen MR) is 54.0 cm³/mol. The Bertz CT molecular complexity index is 207. The zero-order chi connectivity index (χ0) is 7.56. The number of alkyl halides is 1. The summed E-state index contributed by atoms with van der Waals surface area (Å²) in [6.07, 6.45) is 1.14. The van der Waals surface area contributed by atoms with Crippen LogP contribution in [-0.2, 0) is 0 Å². The molecule has 1 rings (SSSR count). The van der Waals surface area contributed by atoms with Gasteiger partial charge in [0.2, 0.25) is 0 Å². The molecule has 1 aromatic heterocycles. The van der Waals surface area contributed by atoms with E-state index >= 15 is 0 Å². The minimum Gasteiger partial charge on any atom is -0.147 e. The molecule has 0 radical (unpaired) electrons. The van der Waals surface area contributed by atoms with Crippen molar-refractivity contribution in [3.05, 3.63) is 20.8 Å². The lowest BCUT2D eigenvalue weighted by Gasteiger charge is -2.02. The minimum atomic E-state index is 0.516. The largest absolute Gasteiger partial charge is 0.147 e. The summed E-state index contributed by atoms with van der Waals surface area (Å²) < 4.78 is 1.22. The van der Waals surface area contributed by atoms with E-state index in [0.29, 0.717) is 4.83 Å². The fraction of sp³-hybridized carbons (Fsp3) is 0.429. The van der Waals surface area contributed by atoms with Crippen molar-refractivity contribution >= 4 is 43.2 Å². The summed E-state index contributed by atoms with van der Waals surface area (Å²) in [6, 6.07) is 2.09. The molecule has 0 spiro atoms. The first kappa shape index (κ1) is 8.75. The first-order valence-electron chi connectivity index (χ1n) is 3.12. The van der Waals surface area contributed by atoms with Crippen LogP contribution >= 0.6 is 43.2 Å². The number of hydrogen-bond acceptors (Lipinski definition) is 1. The fourth-order valence-corrected chi connectivity index (χ4v) is 3.30. The van der Waals surface area contributed by atoms with E-state index in [-0.39, 0.29) is 0 Å². The van der Waals surface area contributed by atoms with E-state index in [9.17, 15) is 0 Å². The highest BCUT2D eigenvalue weighted by Crippen LogP contribution is 2.35. The van der Waals surface area contributed by atoms with E-state index in [1.54, 1.807) is 11.3 Å². The van der Waals surface area contributed by atoms with Gasteiger partial charge in [0.15, 0.2) is 0 Å². The molecule has 0 saturated heterocycles. The molecule has 1 atom stereocenters. The topological polar surface area (TPSA) is 0 Å². The average molecular weight is 284 g/mol. The van der Waals surface area contributed by atoms with Crippen LogP contribution in [0.5, 0.6) is 0 Å². The Morgan fingerprint density at radius 2 is 2.40 bits per heavy atom. The maximum absolute atomic E-state index is 3.60. The number of hydrogen-bond donors (Lipinski definition) is 0. The number of halogens is 2. The molecule has 1 aromatic rings. The minimum absolute atomic E-state index is 0.516. The van der Waals surface area contributed by atoms with Crippen LogP contribution in [0.4, 0.5) is 0 Å². The van der Waals surface area contributed by atoms with Gasteiger partial charge in [-0.1, -0.05) is 22.9 Å². The molecular weight excluding hydrogens is 276 g/mol. The Labute approximate surface area is 81.9 Å². The Hall–Kier alpha value is 0.660. The van der Waals surface area contributed by atoms with Gasteiger partial charge in [0.25, 0.3) is 0 Å². The molecular formula is C7H8Br2S. The molecule has 0 N–H and O–H groups in total. The number of rotatable bonds is 2. The molecule has 1 heterocycles. The van der Waals surface area contributed by atoms with Gasteiger partial charge in [0, 0.05) is 14.2 Å². The van der Waals surface area contributed by atoms with Gasteiger partial charge < -0.3 is 0 Å². The monoisotopic (exact) mass is 282 g/mol. The summed E-state index contributed by atoms with van der Waals surface area (Å²) in [6.45, 7) is 2.17. The van der Waals surface area contributed by atoms with Gasteiger partial charge in [0.05, 0.1) is 0 Å². The Balaban J connectivity index is 2.82. The first-order valence-corrected chi connectivity index (χ1v) is 5.71. The highest BCUT2D eigenvalue weighted by atomic mass is 79.9. The maximum atomic E-state index is 3.60. The first-order chi connectivity index (χ1) is 4.75. The summed E-state index contributed by atoms with van der Waals surface area (Å²) in [4.78, 5) is 1.91. The van der Waals surface area contributed by atoms with Crippen molar-refractivity contribution in [2.75, 3.05) is 0 Å². The van der Waals surface area contributed by atoms with Gasteiger partial charge >= 0.3 is 0 Å². The molecule has 3 heteroatoms. The van der Waals surface area contributed by atoms with E-state index in [1.165, 1.54) is 9.35 Å². The van der Waals surface area contributed by atoms with Crippen LogP contribution in [0.25, 0.3) is 0 Å². The molecule has 0 saturated carbocycles. The summed E-state index contributed by atoms with van der Waals surface area (Å²) in [5, 5.41) is 2.10. The van der Waals surface area contributed by atoms with Gasteiger partial charge in [-0.15, -0.1) is 11.3 Å². The van der Waals surface area contributed by atoms with Crippen molar-refractivity contribution in [1.82, 2.24) is 0 Å². The zero-order valence-electron chi connectivity index (χ0n) is 5.60. The van der Waals surface area contributed by atoms with Crippen LogP contribution in [0.15, 0.2) is 15.9 Å². The van der Waals surface area contributed by atoms with Crippen LogP contribution in [0.1, 0.15) is 23.0 Å². The van der Waals surface area contributed by atoms with E-state index in [0.717, 1.165) is 6.42 Å². The highest BCUT2D eigenvalue weighted by Gasteiger charge is 2.09. The normalized spacial score (nSPS) is 13.5. The molecule has 0 amide bonds. The summed E-state index contributed by atoms with van der Waals surface area (Å²) in [7, 11) is 0. The number of thiophene rings is 1. The third kappa shape index (κ3) is 1.83. The average Bonchev–Trinajstić information content (AvgIpc) is 2.34. The Morgan fingerprint density at radius 3 is 2.80 bits per heavy atom. The van der Waals surface area contributed by atoms with E-state index in [4.69, 9.17) is 0 Å². The van der Waals surface area contributed by atoms with Crippen LogP contribution in [0.2, 0.25) is 0 Å². The van der Waals surface area contributed by atoms with E-state index in [1.807, 2.05) is 0 Å². The summed E-state index contributed by atoms with van der Waals surface area (Å²) >= 11 is 8.87. The second-order valence-corrected chi connectivity index (χ2v) is 4.92. The molecule has 0 bridgehead atoms. The lowest BCUT2D eigenvalue weighted by atomic mass is 10.3. The molecule has 0 aromatic carbocycles. The fourth-order valence-electron chi connectivity index (χ4n) is 0.714. The SMILES string of the molecule is CCC(Br)c1sccc1Br. The van der Waals surface area contributed by atoms with Crippen molar-refractivity contribution in [2.24, 2.45) is 0 Å². The third-order valence-corrected chi connectivity index (χ3v) is 4.68. The molecule has 10 heavy (non-hydrogen) atoms. The molecule has 0 aliphatic heterocycles. The standard InChI is InChI=1S/C7H8Br2S/c1-2-5(8)7-6(9)3-4-10-7/h3-5H,2H2,1H3. The molecule has 0 aliphatic carbocycles. The zero-order valence-corrected chi connectivity index (χ0v) is 9.59. The molecule has 0 fully saturated rings. The second kappa shape index (κ2) is 3.88. The van der Waals surface area contributed by atoms with Gasteiger partial charge in [0.1, 0.15) is 0 Å². The quantitative estimate of drug-likeness (QED) is 0.708. The highest BCUT2D eigenvalue weighted by molar-refractivity contribution is 9.11. The van der Waals surface area contributed by atoms with Crippen LogP contribution in [0, 0.1) is 0 Å². The predicted octanol–water partition coefficient (Wildman–Crippen LogP) is 4.36. The van der Waals surface area contributed by atoms with Crippen molar-refractivity contribution in [1.29, 1.82) is 0 Å². The van der Waals surface area contributed by atoms with Crippen molar-refractivity contribution < 1.29 is 0 Å². The van der Waals surface area contributed by atoms with Gasteiger partial charge in [-0.25, -0.2) is 0 Å². The Morgan fingerprint density at radius 1 is 1.70 bits per heavy atom. The van der Waals surface area contributed by atoms with Crippen molar-refractivity contribution in [3.8, 4) is 0 Å². The maximum Gasteiger partial charge on any atom is 0.0497 e. The second-order valence-electron chi connectivity index (χ2n) is 2.01. The van der Waals surface area contributed by atoms with E-state index < -0.39 is 0 Å². The lowest BCUT2D eigenvalue weighted by Crippen LogP contribution is -1.81. The molecule has 56 valence electrons. The van der Waals surface area contributed by atoms with Crippen molar-refractivity contribution in [2.45, 2.75) is 18.2 Å². The smallest absolute Gasteiger partial charge is 0.0497 e. The summed E-state index contributed by atoms with van der Waals surface area (Å²) in [5.41, 5.74) is 0. The molecule has 0 nitrogen and oxygen atoms in total. The lowest BCUT2D eigenvalue weighted by molar-refractivity contribution is 0.925.